The Morgan fingerprint density at radius 1 is 1.12 bits per heavy atom. The van der Waals surface area contributed by atoms with Crippen molar-refractivity contribution in [3.05, 3.63) is 71.3 Å². The third-order valence-electron chi connectivity index (χ3n) is 6.67. The van der Waals surface area contributed by atoms with Crippen molar-refractivity contribution >= 4 is 44.4 Å². The van der Waals surface area contributed by atoms with Gasteiger partial charge in [0.1, 0.15) is 11.3 Å². The molecule has 4 rings (SSSR count). The second-order valence-corrected chi connectivity index (χ2v) is 12.2. The molecule has 4 aromatic rings. The van der Waals surface area contributed by atoms with Crippen LogP contribution < -0.4 is 21.1 Å². The van der Waals surface area contributed by atoms with Gasteiger partial charge in [-0.2, -0.15) is 4.98 Å². The van der Waals surface area contributed by atoms with Gasteiger partial charge in [0.2, 0.25) is 0 Å². The Labute approximate surface area is 238 Å². The molecule has 41 heavy (non-hydrogen) atoms. The minimum Gasteiger partial charge on any atom is -0.505 e. The van der Waals surface area contributed by atoms with Crippen molar-refractivity contribution in [2.75, 3.05) is 28.9 Å². The van der Waals surface area contributed by atoms with Crippen molar-refractivity contribution in [1.29, 1.82) is 0 Å². The summed E-state index contributed by atoms with van der Waals surface area (Å²) in [7, 11) is -3.95. The number of nitrogens with one attached hydrogen (secondary N) is 1. The van der Waals surface area contributed by atoms with Crippen LogP contribution >= 0.6 is 0 Å². The summed E-state index contributed by atoms with van der Waals surface area (Å²) < 4.78 is 34.2. The minimum atomic E-state index is -3.95. The number of oxazole rings is 1. The standard InChI is InChI=1S/C29H35N5O6S/c1-17(2)16-34(41(38,39)22-9-12-25-26(14-22)40-29(31)33-25)20-6-4-5-19(13-20)7-8-21(35)15-32-28(37)23-10-11-24(30)27(36)18(23)3/h4-6,9-14,17,21,35-36H,7-8,15-16,30H2,1-3H3,(H2,31,33)(H,32,37). The van der Waals surface area contributed by atoms with Crippen LogP contribution in [0.3, 0.4) is 0 Å². The maximum Gasteiger partial charge on any atom is 0.292 e. The first kappa shape index (κ1) is 29.7. The smallest absolute Gasteiger partial charge is 0.292 e. The van der Waals surface area contributed by atoms with Crippen LogP contribution in [0, 0.1) is 12.8 Å². The summed E-state index contributed by atoms with van der Waals surface area (Å²) in [6, 6.07) is 14.5. The number of fused-ring (bicyclic) bond motifs is 1. The SMILES string of the molecule is Cc1c(C(=O)NCC(O)CCc2cccc(N(CC(C)C)S(=O)(=O)c3ccc4nc(N)oc4c3)c2)ccc(N)c1O. The van der Waals surface area contributed by atoms with Crippen LogP contribution in [-0.2, 0) is 16.4 Å². The number of amides is 1. The first-order valence-electron chi connectivity index (χ1n) is 13.2. The van der Waals surface area contributed by atoms with Crippen molar-refractivity contribution in [3.63, 3.8) is 0 Å². The molecule has 1 heterocycles. The summed E-state index contributed by atoms with van der Waals surface area (Å²) >= 11 is 0. The average Bonchev–Trinajstić information content (AvgIpc) is 3.31. The van der Waals surface area contributed by atoms with E-state index in [-0.39, 0.29) is 52.5 Å². The van der Waals surface area contributed by atoms with E-state index in [1.165, 1.54) is 28.6 Å². The number of aromatic nitrogens is 1. The molecule has 0 bridgehead atoms. The Kier molecular flexibility index (Phi) is 8.74. The summed E-state index contributed by atoms with van der Waals surface area (Å²) in [5.41, 5.74) is 14.2. The molecule has 7 N–H and O–H groups in total. The number of phenols is 1. The minimum absolute atomic E-state index is 0.00554. The number of nitrogens with zero attached hydrogens (tertiary/aromatic N) is 2. The molecular weight excluding hydrogens is 546 g/mol. The largest absolute Gasteiger partial charge is 0.505 e. The molecule has 11 nitrogen and oxygen atoms in total. The van der Waals surface area contributed by atoms with E-state index < -0.39 is 22.0 Å². The zero-order valence-electron chi connectivity index (χ0n) is 23.2. The molecule has 12 heteroatoms. The fourth-order valence-electron chi connectivity index (χ4n) is 4.46. The molecule has 3 aromatic carbocycles. The summed E-state index contributed by atoms with van der Waals surface area (Å²) in [5, 5.41) is 23.2. The highest BCUT2D eigenvalue weighted by Crippen LogP contribution is 2.29. The van der Waals surface area contributed by atoms with Crippen molar-refractivity contribution in [2.45, 2.75) is 44.6 Å². The molecule has 0 radical (unpaired) electrons. The van der Waals surface area contributed by atoms with Gasteiger partial charge in [0, 0.05) is 30.3 Å². The van der Waals surface area contributed by atoms with Gasteiger partial charge in [-0.05, 0) is 67.6 Å². The molecule has 0 spiro atoms. The van der Waals surface area contributed by atoms with Gasteiger partial charge in [-0.25, -0.2) is 8.42 Å². The lowest BCUT2D eigenvalue weighted by atomic mass is 10.0. The average molecular weight is 582 g/mol. The number of aliphatic hydroxyl groups is 1. The Bertz CT molecular complexity index is 1670. The van der Waals surface area contributed by atoms with E-state index in [1.54, 1.807) is 31.2 Å². The number of nitrogen functional groups attached to an aromatic ring is 2. The van der Waals surface area contributed by atoms with Gasteiger partial charge in [-0.3, -0.25) is 9.10 Å². The van der Waals surface area contributed by atoms with Crippen LogP contribution in [0.15, 0.2) is 63.9 Å². The monoisotopic (exact) mass is 581 g/mol. The lowest BCUT2D eigenvalue weighted by Crippen LogP contribution is -2.34. The van der Waals surface area contributed by atoms with Crippen molar-refractivity contribution in [2.24, 2.45) is 5.92 Å². The first-order valence-corrected chi connectivity index (χ1v) is 14.6. The summed E-state index contributed by atoms with van der Waals surface area (Å²) in [6.07, 6.45) is -0.0661. The van der Waals surface area contributed by atoms with Crippen molar-refractivity contribution in [3.8, 4) is 5.75 Å². The number of nitrogens with two attached hydrogens (primary N) is 2. The Morgan fingerprint density at radius 2 is 1.88 bits per heavy atom. The van der Waals surface area contributed by atoms with E-state index in [2.05, 4.69) is 10.3 Å². The second kappa shape index (κ2) is 12.1. The van der Waals surface area contributed by atoms with Gasteiger partial charge >= 0.3 is 0 Å². The number of benzene rings is 3. The van der Waals surface area contributed by atoms with Gasteiger partial charge in [-0.1, -0.05) is 26.0 Å². The number of hydrogen-bond acceptors (Lipinski definition) is 9. The molecular formula is C29H35N5O6S. The Hall–Kier alpha value is -4.29. The fraction of sp³-hybridized carbons (Fsp3) is 0.310. The quantitative estimate of drug-likeness (QED) is 0.130. The normalized spacial score (nSPS) is 12.5. The lowest BCUT2D eigenvalue weighted by molar-refractivity contribution is 0.0910. The van der Waals surface area contributed by atoms with E-state index in [1.807, 2.05) is 19.9 Å². The Balaban J connectivity index is 1.45. The highest BCUT2D eigenvalue weighted by molar-refractivity contribution is 7.92. The second-order valence-electron chi connectivity index (χ2n) is 10.4. The fourth-order valence-corrected chi connectivity index (χ4v) is 6.10. The van der Waals surface area contributed by atoms with Gasteiger partial charge in [0.05, 0.1) is 22.4 Å². The van der Waals surface area contributed by atoms with Gasteiger partial charge in [-0.15, -0.1) is 0 Å². The van der Waals surface area contributed by atoms with Crippen LogP contribution in [0.4, 0.5) is 17.4 Å². The number of rotatable bonds is 11. The summed E-state index contributed by atoms with van der Waals surface area (Å²) in [6.45, 7) is 5.72. The van der Waals surface area contributed by atoms with Gasteiger partial charge in [0.25, 0.3) is 21.9 Å². The van der Waals surface area contributed by atoms with E-state index in [0.29, 0.717) is 29.6 Å². The number of carbonyl (C=O) groups excluding carboxylic acids is 1. The third kappa shape index (κ3) is 6.72. The molecule has 0 aliphatic rings. The predicted molar refractivity (Wildman–Crippen MR) is 158 cm³/mol. The molecule has 0 aliphatic carbocycles. The van der Waals surface area contributed by atoms with Crippen molar-refractivity contribution in [1.82, 2.24) is 10.3 Å². The van der Waals surface area contributed by atoms with E-state index >= 15 is 0 Å². The Morgan fingerprint density at radius 3 is 2.61 bits per heavy atom. The number of carbonyl (C=O) groups is 1. The topological polar surface area (TPSA) is 185 Å². The molecule has 1 amide bonds. The van der Waals surface area contributed by atoms with E-state index in [4.69, 9.17) is 15.9 Å². The molecule has 1 aromatic heterocycles. The number of aromatic hydroxyl groups is 1. The molecule has 0 saturated heterocycles. The summed E-state index contributed by atoms with van der Waals surface area (Å²) in [5.74, 6) is -0.537. The maximum atomic E-state index is 13.8. The molecule has 1 atom stereocenters. The zero-order valence-corrected chi connectivity index (χ0v) is 24.0. The van der Waals surface area contributed by atoms with Gasteiger partial charge < -0.3 is 31.4 Å². The highest BCUT2D eigenvalue weighted by Gasteiger charge is 2.27. The number of hydrogen-bond donors (Lipinski definition) is 5. The van der Waals surface area contributed by atoms with E-state index in [9.17, 15) is 23.4 Å². The molecule has 1 unspecified atom stereocenters. The first-order chi connectivity index (χ1) is 19.4. The number of sulfonamides is 1. The maximum absolute atomic E-state index is 13.8. The zero-order chi connectivity index (χ0) is 29.9. The molecule has 218 valence electrons. The summed E-state index contributed by atoms with van der Waals surface area (Å²) in [4.78, 5) is 16.6. The number of anilines is 3. The van der Waals surface area contributed by atoms with Gasteiger partial charge in [0.15, 0.2) is 5.58 Å². The predicted octanol–water partition coefficient (Wildman–Crippen LogP) is 3.58. The molecule has 0 aliphatic heterocycles. The van der Waals surface area contributed by atoms with Crippen LogP contribution in [0.1, 0.15) is 41.8 Å². The third-order valence-corrected chi connectivity index (χ3v) is 8.46. The molecule has 0 saturated carbocycles. The van der Waals surface area contributed by atoms with E-state index in [0.717, 1.165) is 5.56 Å². The van der Waals surface area contributed by atoms with Crippen molar-refractivity contribution < 1.29 is 27.8 Å². The highest BCUT2D eigenvalue weighted by atomic mass is 32.2. The van der Waals surface area contributed by atoms with Crippen LogP contribution in [0.5, 0.6) is 5.75 Å². The van der Waals surface area contributed by atoms with Crippen LogP contribution in [-0.4, -0.2) is 48.7 Å². The lowest BCUT2D eigenvalue weighted by Gasteiger charge is -2.26. The number of aryl methyl sites for hydroxylation is 1. The number of aliphatic hydroxyl groups excluding tert-OH is 1. The molecule has 0 fully saturated rings. The van der Waals surface area contributed by atoms with Crippen LogP contribution in [0.25, 0.3) is 11.1 Å². The number of phenolic OH excluding ortho intramolecular Hbond substituents is 1. The van der Waals surface area contributed by atoms with Crippen LogP contribution in [0.2, 0.25) is 0 Å².